The summed E-state index contributed by atoms with van der Waals surface area (Å²) in [5.74, 6) is 0.691. The number of nitrogens with one attached hydrogen (secondary N) is 1. The minimum absolute atomic E-state index is 0.451. The van der Waals surface area contributed by atoms with E-state index in [4.69, 9.17) is 11.6 Å². The molecule has 0 heterocycles. The van der Waals surface area contributed by atoms with Crippen LogP contribution in [0.3, 0.4) is 0 Å². The number of rotatable bonds is 2. The van der Waals surface area contributed by atoms with Crippen molar-refractivity contribution in [3.63, 3.8) is 0 Å². The zero-order valence-electron chi connectivity index (χ0n) is 4.16. The van der Waals surface area contributed by atoms with Gasteiger partial charge in [0.2, 0.25) is 0 Å². The highest BCUT2D eigenvalue weighted by Crippen LogP contribution is 1.80. The van der Waals surface area contributed by atoms with Gasteiger partial charge in [-0.15, -0.1) is 11.6 Å². The van der Waals surface area contributed by atoms with Crippen molar-refractivity contribution in [2.45, 2.75) is 13.0 Å². The summed E-state index contributed by atoms with van der Waals surface area (Å²) in [6.07, 6.45) is 0. The van der Waals surface area contributed by atoms with Crippen molar-refractivity contribution in [1.29, 1.82) is 0 Å². The Morgan fingerprint density at radius 3 is 2.33 bits per heavy atom. The van der Waals surface area contributed by atoms with Crippen LogP contribution in [0.4, 0.5) is 0 Å². The van der Waals surface area contributed by atoms with Gasteiger partial charge in [0.05, 0.1) is 0 Å². The lowest BCUT2D eigenvalue weighted by Crippen LogP contribution is -2.22. The van der Waals surface area contributed by atoms with Crippen molar-refractivity contribution in [3.8, 4) is 0 Å². The highest BCUT2D eigenvalue weighted by molar-refractivity contribution is 6.18. The Labute approximate surface area is 43.7 Å². The van der Waals surface area contributed by atoms with Crippen LogP contribution in [0.5, 0.6) is 0 Å². The number of alkyl halides is 1. The normalized spacial score (nSPS) is 14.5. The Bertz CT molecular complexity index is 26.7. The second kappa shape index (κ2) is 3.44. The molecule has 0 aliphatic carbocycles. The molecule has 0 aliphatic rings. The molecule has 0 aromatic rings. The van der Waals surface area contributed by atoms with Gasteiger partial charge in [-0.1, -0.05) is 0 Å². The summed E-state index contributed by atoms with van der Waals surface area (Å²) in [4.78, 5) is 0. The van der Waals surface area contributed by atoms with Crippen molar-refractivity contribution in [3.05, 3.63) is 0 Å². The molecule has 38 valence electrons. The average molecular weight is 108 g/mol. The van der Waals surface area contributed by atoms with Crippen LogP contribution in [0.2, 0.25) is 0 Å². The van der Waals surface area contributed by atoms with Crippen LogP contribution in [0.25, 0.3) is 0 Å². The number of halogens is 1. The van der Waals surface area contributed by atoms with E-state index in [9.17, 15) is 0 Å². The van der Waals surface area contributed by atoms with Crippen LogP contribution in [0.1, 0.15) is 6.92 Å². The zero-order chi connectivity index (χ0) is 4.99. The fourth-order valence-corrected chi connectivity index (χ4v) is 0.231. The second-order valence-electron chi connectivity index (χ2n) is 1.34. The highest BCUT2D eigenvalue weighted by Gasteiger charge is 1.88. The second-order valence-corrected chi connectivity index (χ2v) is 1.65. The van der Waals surface area contributed by atoms with Crippen LogP contribution in [-0.4, -0.2) is 19.0 Å². The molecule has 0 aromatic carbocycles. The van der Waals surface area contributed by atoms with Gasteiger partial charge in [-0.2, -0.15) is 0 Å². The summed E-state index contributed by atoms with van der Waals surface area (Å²) in [6.45, 7) is 2.03. The lowest BCUT2D eigenvalue weighted by molar-refractivity contribution is 0.674. The molecule has 2 heteroatoms. The molecule has 1 atom stereocenters. The molecule has 0 amide bonds. The predicted molar refractivity (Wildman–Crippen MR) is 29.2 cm³/mol. The van der Waals surface area contributed by atoms with Crippen molar-refractivity contribution < 1.29 is 0 Å². The van der Waals surface area contributed by atoms with Gasteiger partial charge in [0.1, 0.15) is 0 Å². The predicted octanol–water partition coefficient (Wildman–Crippen LogP) is 0.833. The molecular weight excluding hydrogens is 97.5 g/mol. The first-order valence-electron chi connectivity index (χ1n) is 2.04. The maximum Gasteiger partial charge on any atom is 0.0374 e. The van der Waals surface area contributed by atoms with Crippen LogP contribution in [0.15, 0.2) is 0 Å². The summed E-state index contributed by atoms with van der Waals surface area (Å²) >= 11 is 5.39. The molecule has 1 nitrogen and oxygen atoms in total. The molecule has 0 aromatic heterocycles. The Hall–Kier alpha value is 0.250. The lowest BCUT2D eigenvalue weighted by Gasteiger charge is -2.00. The summed E-state index contributed by atoms with van der Waals surface area (Å²) < 4.78 is 0. The van der Waals surface area contributed by atoms with E-state index in [0.717, 1.165) is 0 Å². The summed E-state index contributed by atoms with van der Waals surface area (Å²) in [7, 11) is 1.90. The third-order valence-corrected chi connectivity index (χ3v) is 1.19. The van der Waals surface area contributed by atoms with Crippen LogP contribution in [0, 0.1) is 0 Å². The molecule has 0 bridgehead atoms. The van der Waals surface area contributed by atoms with Gasteiger partial charge in [-0.05, 0) is 14.0 Å². The Morgan fingerprint density at radius 1 is 1.83 bits per heavy atom. The first kappa shape index (κ1) is 6.25. The first-order chi connectivity index (χ1) is 2.81. The summed E-state index contributed by atoms with van der Waals surface area (Å²) in [6, 6.07) is 0.451. The molecule has 0 fully saturated rings. The lowest BCUT2D eigenvalue weighted by atomic mass is 10.4. The molecule has 0 radical (unpaired) electrons. The molecule has 0 spiro atoms. The molecule has 0 saturated carbocycles. The monoisotopic (exact) mass is 107 g/mol. The van der Waals surface area contributed by atoms with E-state index >= 15 is 0 Å². The van der Waals surface area contributed by atoms with Crippen molar-refractivity contribution in [2.75, 3.05) is 12.9 Å². The minimum atomic E-state index is 0.451. The standard InChI is InChI=1S/C4H10ClN/c1-4(3-5)6-2/h4,6H,3H2,1-2H3/t4-/m0/s1. The average Bonchev–Trinajstić information content (AvgIpc) is 1.65. The largest absolute Gasteiger partial charge is 0.316 e. The Morgan fingerprint density at radius 2 is 2.33 bits per heavy atom. The van der Waals surface area contributed by atoms with Gasteiger partial charge in [0, 0.05) is 11.9 Å². The molecule has 1 N–H and O–H groups in total. The molecule has 0 saturated heterocycles. The number of hydrogen-bond donors (Lipinski definition) is 1. The van der Waals surface area contributed by atoms with E-state index in [1.54, 1.807) is 0 Å². The van der Waals surface area contributed by atoms with Crippen molar-refractivity contribution >= 4 is 11.6 Å². The van der Waals surface area contributed by atoms with Gasteiger partial charge in [-0.3, -0.25) is 0 Å². The molecule has 0 rings (SSSR count). The molecule has 6 heavy (non-hydrogen) atoms. The summed E-state index contributed by atoms with van der Waals surface area (Å²) in [5, 5.41) is 2.98. The van der Waals surface area contributed by atoms with Crippen molar-refractivity contribution in [1.82, 2.24) is 5.32 Å². The van der Waals surface area contributed by atoms with E-state index in [2.05, 4.69) is 5.32 Å². The fraction of sp³-hybridized carbons (Fsp3) is 1.00. The molecule has 0 unspecified atom stereocenters. The van der Waals surface area contributed by atoms with Gasteiger partial charge < -0.3 is 5.32 Å². The Balaban J connectivity index is 2.75. The van der Waals surface area contributed by atoms with Gasteiger partial charge in [0.25, 0.3) is 0 Å². The zero-order valence-corrected chi connectivity index (χ0v) is 4.92. The minimum Gasteiger partial charge on any atom is -0.316 e. The Kier molecular flexibility index (Phi) is 3.58. The quantitative estimate of drug-likeness (QED) is 0.516. The number of hydrogen-bond acceptors (Lipinski definition) is 1. The van der Waals surface area contributed by atoms with Gasteiger partial charge >= 0.3 is 0 Å². The third-order valence-electron chi connectivity index (χ3n) is 0.724. The first-order valence-corrected chi connectivity index (χ1v) is 2.58. The topological polar surface area (TPSA) is 12.0 Å². The maximum atomic E-state index is 5.39. The fourth-order valence-electron chi connectivity index (χ4n) is 0.0772. The SMILES string of the molecule is CN[C@@H](C)CCl. The van der Waals surface area contributed by atoms with E-state index in [1.165, 1.54) is 0 Å². The smallest absolute Gasteiger partial charge is 0.0374 e. The van der Waals surface area contributed by atoms with Crippen LogP contribution in [-0.2, 0) is 0 Å². The highest BCUT2D eigenvalue weighted by atomic mass is 35.5. The van der Waals surface area contributed by atoms with Crippen LogP contribution >= 0.6 is 11.6 Å². The van der Waals surface area contributed by atoms with Gasteiger partial charge in [0.15, 0.2) is 0 Å². The molecular formula is C4H10ClN. The maximum absolute atomic E-state index is 5.39. The molecule has 0 aliphatic heterocycles. The van der Waals surface area contributed by atoms with E-state index in [1.807, 2.05) is 14.0 Å². The third kappa shape index (κ3) is 2.49. The van der Waals surface area contributed by atoms with E-state index < -0.39 is 0 Å². The van der Waals surface area contributed by atoms with E-state index in [-0.39, 0.29) is 0 Å². The van der Waals surface area contributed by atoms with E-state index in [0.29, 0.717) is 11.9 Å². The summed E-state index contributed by atoms with van der Waals surface area (Å²) in [5.41, 5.74) is 0. The van der Waals surface area contributed by atoms with Crippen molar-refractivity contribution in [2.24, 2.45) is 0 Å². The van der Waals surface area contributed by atoms with Crippen LogP contribution < -0.4 is 5.32 Å². The van der Waals surface area contributed by atoms with Gasteiger partial charge in [-0.25, -0.2) is 0 Å².